The van der Waals surface area contributed by atoms with Gasteiger partial charge in [-0.15, -0.1) is 0 Å². The van der Waals surface area contributed by atoms with Crippen LogP contribution in [-0.2, 0) is 11.3 Å². The topological polar surface area (TPSA) is 63.9 Å². The number of furan rings is 1. The van der Waals surface area contributed by atoms with Crippen LogP contribution in [0.1, 0.15) is 22.5 Å². The van der Waals surface area contributed by atoms with Gasteiger partial charge in [-0.05, 0) is 36.2 Å². The molecular weight excluding hydrogens is 320 g/mol. The summed E-state index contributed by atoms with van der Waals surface area (Å²) in [5.74, 6) is 0.984. The van der Waals surface area contributed by atoms with E-state index in [0.29, 0.717) is 18.9 Å². The summed E-state index contributed by atoms with van der Waals surface area (Å²) in [7, 11) is 0. The van der Waals surface area contributed by atoms with Crippen molar-refractivity contribution in [3.05, 3.63) is 54.0 Å². The van der Waals surface area contributed by atoms with Gasteiger partial charge in [-0.25, -0.2) is 0 Å². The van der Waals surface area contributed by atoms with Gasteiger partial charge >= 0.3 is 0 Å². The molecule has 0 bridgehead atoms. The monoisotopic (exact) mass is 344 g/mol. The number of nitrogens with one attached hydrogen (secondary N) is 1. The lowest BCUT2D eigenvalue weighted by molar-refractivity contribution is 0.0342. The number of hydrogen-bond acceptors (Lipinski definition) is 5. The summed E-state index contributed by atoms with van der Waals surface area (Å²) in [6, 6.07) is 11.5. The van der Waals surface area contributed by atoms with Crippen LogP contribution in [0.15, 0.2) is 47.1 Å². The molecule has 1 saturated heterocycles. The lowest BCUT2D eigenvalue weighted by atomic mass is 10.2. The maximum absolute atomic E-state index is 11.7. The highest BCUT2D eigenvalue weighted by atomic mass is 16.5. The first-order valence-corrected chi connectivity index (χ1v) is 8.65. The van der Waals surface area contributed by atoms with Crippen LogP contribution < -0.4 is 10.1 Å². The number of morpholine rings is 1. The van der Waals surface area contributed by atoms with Crippen molar-refractivity contribution in [3.8, 4) is 5.75 Å². The van der Waals surface area contributed by atoms with Gasteiger partial charge in [0, 0.05) is 26.2 Å². The molecule has 0 atom stereocenters. The quantitative estimate of drug-likeness (QED) is 0.745. The number of carbonyl (C=O) groups is 1. The normalized spacial score (nSPS) is 15.0. The predicted octanol–water partition coefficient (Wildman–Crippen LogP) is 2.31. The Labute approximate surface area is 147 Å². The molecule has 0 saturated carbocycles. The van der Waals surface area contributed by atoms with E-state index in [1.54, 1.807) is 12.1 Å². The van der Waals surface area contributed by atoms with Crippen molar-refractivity contribution in [3.63, 3.8) is 0 Å². The number of hydrogen-bond donors (Lipinski definition) is 1. The third kappa shape index (κ3) is 5.62. The Morgan fingerprint density at radius 1 is 1.16 bits per heavy atom. The largest absolute Gasteiger partial charge is 0.494 e. The van der Waals surface area contributed by atoms with Crippen molar-refractivity contribution < 1.29 is 18.7 Å². The fraction of sp³-hybridized carbons (Fsp3) is 0.421. The molecule has 1 aromatic heterocycles. The summed E-state index contributed by atoms with van der Waals surface area (Å²) in [6.07, 6.45) is 2.22. The van der Waals surface area contributed by atoms with E-state index in [9.17, 15) is 4.79 Å². The minimum atomic E-state index is -0.197. The van der Waals surface area contributed by atoms with Crippen molar-refractivity contribution in [2.45, 2.75) is 13.0 Å². The van der Waals surface area contributed by atoms with Crippen molar-refractivity contribution in [1.82, 2.24) is 10.2 Å². The van der Waals surface area contributed by atoms with Crippen molar-refractivity contribution in [2.24, 2.45) is 0 Å². The van der Waals surface area contributed by atoms with Gasteiger partial charge in [0.05, 0.1) is 26.1 Å². The molecule has 25 heavy (non-hydrogen) atoms. The van der Waals surface area contributed by atoms with Crippen molar-refractivity contribution >= 4 is 5.91 Å². The van der Waals surface area contributed by atoms with Gasteiger partial charge < -0.3 is 19.2 Å². The van der Waals surface area contributed by atoms with Gasteiger partial charge in [0.25, 0.3) is 5.91 Å². The molecular formula is C19H24N2O4. The number of rotatable bonds is 8. The van der Waals surface area contributed by atoms with E-state index in [-0.39, 0.29) is 5.91 Å². The second-order valence-corrected chi connectivity index (χ2v) is 5.97. The van der Waals surface area contributed by atoms with Crippen LogP contribution in [0, 0.1) is 0 Å². The van der Waals surface area contributed by atoms with Crippen LogP contribution in [0.3, 0.4) is 0 Å². The number of amides is 1. The molecule has 1 aliphatic rings. The van der Waals surface area contributed by atoms with Gasteiger partial charge in [0.15, 0.2) is 5.76 Å². The van der Waals surface area contributed by atoms with Gasteiger partial charge in [0.1, 0.15) is 5.75 Å². The molecule has 3 rings (SSSR count). The highest BCUT2D eigenvalue weighted by molar-refractivity contribution is 5.91. The molecule has 0 spiro atoms. The zero-order valence-corrected chi connectivity index (χ0v) is 14.3. The molecule has 0 unspecified atom stereocenters. The Kier molecular flexibility index (Phi) is 6.48. The molecule has 6 heteroatoms. The van der Waals surface area contributed by atoms with E-state index in [4.69, 9.17) is 13.9 Å². The van der Waals surface area contributed by atoms with Crippen LogP contribution in [0.5, 0.6) is 5.75 Å². The van der Waals surface area contributed by atoms with E-state index in [1.165, 1.54) is 11.8 Å². The maximum atomic E-state index is 11.7. The number of carbonyl (C=O) groups excluding carboxylic acids is 1. The zero-order valence-electron chi connectivity index (χ0n) is 14.3. The molecule has 1 amide bonds. The van der Waals surface area contributed by atoms with Crippen molar-refractivity contribution in [1.29, 1.82) is 0 Å². The highest BCUT2D eigenvalue weighted by Gasteiger charge is 2.10. The molecule has 2 heterocycles. The van der Waals surface area contributed by atoms with Gasteiger partial charge in [-0.1, -0.05) is 12.1 Å². The lowest BCUT2D eigenvalue weighted by Gasteiger charge is -2.26. The molecule has 0 radical (unpaired) electrons. The summed E-state index contributed by atoms with van der Waals surface area (Å²) in [5.41, 5.74) is 1.28. The number of benzene rings is 1. The summed E-state index contributed by atoms with van der Waals surface area (Å²) in [4.78, 5) is 14.1. The average molecular weight is 344 g/mol. The van der Waals surface area contributed by atoms with E-state index in [1.807, 2.05) is 12.1 Å². The first-order chi connectivity index (χ1) is 12.3. The summed E-state index contributed by atoms with van der Waals surface area (Å²) >= 11 is 0. The zero-order chi connectivity index (χ0) is 17.3. The van der Waals surface area contributed by atoms with Crippen LogP contribution in [-0.4, -0.2) is 50.3 Å². The molecule has 1 aliphatic heterocycles. The molecule has 1 fully saturated rings. The smallest absolute Gasteiger partial charge is 0.286 e. The SMILES string of the molecule is O=C(NCCCOc1ccc(CN2CCOCC2)cc1)c1ccco1. The molecule has 2 aromatic rings. The van der Waals surface area contributed by atoms with E-state index >= 15 is 0 Å². The number of ether oxygens (including phenoxy) is 2. The average Bonchev–Trinajstić information content (AvgIpc) is 3.18. The molecule has 134 valence electrons. The second-order valence-electron chi connectivity index (χ2n) is 5.97. The Morgan fingerprint density at radius 3 is 2.68 bits per heavy atom. The highest BCUT2D eigenvalue weighted by Crippen LogP contribution is 2.14. The van der Waals surface area contributed by atoms with Gasteiger partial charge in [0.2, 0.25) is 0 Å². The maximum Gasteiger partial charge on any atom is 0.286 e. The van der Waals surface area contributed by atoms with Crippen LogP contribution >= 0.6 is 0 Å². The lowest BCUT2D eigenvalue weighted by Crippen LogP contribution is -2.35. The standard InChI is InChI=1S/C19H24N2O4/c22-19(18-3-1-11-25-18)20-8-2-12-24-17-6-4-16(5-7-17)15-21-9-13-23-14-10-21/h1,3-7,11H,2,8-10,12-15H2,(H,20,22). The molecule has 1 aromatic carbocycles. The van der Waals surface area contributed by atoms with E-state index in [2.05, 4.69) is 22.3 Å². The predicted molar refractivity (Wildman–Crippen MR) is 93.7 cm³/mol. The minimum absolute atomic E-state index is 0.197. The first-order valence-electron chi connectivity index (χ1n) is 8.65. The van der Waals surface area contributed by atoms with E-state index < -0.39 is 0 Å². The molecule has 6 nitrogen and oxygen atoms in total. The third-order valence-electron chi connectivity index (χ3n) is 4.05. The molecule has 1 N–H and O–H groups in total. The summed E-state index contributed by atoms with van der Waals surface area (Å²) in [5, 5.41) is 2.80. The minimum Gasteiger partial charge on any atom is -0.494 e. The van der Waals surface area contributed by atoms with E-state index in [0.717, 1.165) is 45.0 Å². The van der Waals surface area contributed by atoms with Crippen LogP contribution in [0.2, 0.25) is 0 Å². The Balaban J connectivity index is 1.32. The Morgan fingerprint density at radius 2 is 1.96 bits per heavy atom. The fourth-order valence-electron chi connectivity index (χ4n) is 2.67. The van der Waals surface area contributed by atoms with Crippen LogP contribution in [0.25, 0.3) is 0 Å². The second kappa shape index (κ2) is 9.25. The first kappa shape index (κ1) is 17.5. The Bertz CT molecular complexity index is 634. The van der Waals surface area contributed by atoms with Crippen LogP contribution in [0.4, 0.5) is 0 Å². The third-order valence-corrected chi connectivity index (χ3v) is 4.05. The Hall–Kier alpha value is -2.31. The summed E-state index contributed by atoms with van der Waals surface area (Å²) in [6.45, 7) is 5.66. The van der Waals surface area contributed by atoms with Crippen molar-refractivity contribution in [2.75, 3.05) is 39.5 Å². The molecule has 0 aliphatic carbocycles. The summed E-state index contributed by atoms with van der Waals surface area (Å²) < 4.78 is 16.1. The van der Waals surface area contributed by atoms with Gasteiger partial charge in [-0.2, -0.15) is 0 Å². The fourth-order valence-corrected chi connectivity index (χ4v) is 2.67. The number of nitrogens with zero attached hydrogens (tertiary/aromatic N) is 1. The van der Waals surface area contributed by atoms with Gasteiger partial charge in [-0.3, -0.25) is 9.69 Å².